The summed E-state index contributed by atoms with van der Waals surface area (Å²) in [4.78, 5) is 14.6. The molecular weight excluding hydrogens is 308 g/mol. The van der Waals surface area contributed by atoms with Crippen molar-refractivity contribution in [2.45, 2.75) is 82.9 Å². The Kier molecular flexibility index (Phi) is 6.66. The van der Waals surface area contributed by atoms with Crippen LogP contribution in [0.1, 0.15) is 65.7 Å². The van der Waals surface area contributed by atoms with Gasteiger partial charge in [-0.15, -0.1) is 0 Å². The number of piperidine rings is 1. The molecule has 1 saturated carbocycles. The van der Waals surface area contributed by atoms with Crippen molar-refractivity contribution in [3.05, 3.63) is 0 Å². The summed E-state index contributed by atoms with van der Waals surface area (Å²) >= 11 is 1.92. The topological polar surface area (TPSA) is 41.6 Å². The van der Waals surface area contributed by atoms with Crippen LogP contribution in [-0.2, 0) is 4.74 Å². The van der Waals surface area contributed by atoms with E-state index in [9.17, 15) is 4.79 Å². The van der Waals surface area contributed by atoms with Crippen molar-refractivity contribution in [3.8, 4) is 0 Å². The largest absolute Gasteiger partial charge is 0.444 e. The lowest BCUT2D eigenvalue weighted by atomic mass is 9.69. The highest BCUT2D eigenvalue weighted by Gasteiger charge is 2.49. The highest BCUT2D eigenvalue weighted by molar-refractivity contribution is 7.98. The third-order valence-electron chi connectivity index (χ3n) is 5.01. The fourth-order valence-corrected chi connectivity index (χ4v) is 4.20. The Balaban J connectivity index is 1.83. The molecule has 0 aromatic carbocycles. The fourth-order valence-electron chi connectivity index (χ4n) is 3.71. The van der Waals surface area contributed by atoms with Crippen LogP contribution >= 0.6 is 11.8 Å². The lowest BCUT2D eigenvalue weighted by Crippen LogP contribution is -2.63. The molecule has 2 rings (SSSR count). The first-order chi connectivity index (χ1) is 10.9. The van der Waals surface area contributed by atoms with Gasteiger partial charge in [0.05, 0.1) is 0 Å². The number of hydrogen-bond donors (Lipinski definition) is 1. The van der Waals surface area contributed by atoms with Crippen LogP contribution in [0.25, 0.3) is 0 Å². The summed E-state index contributed by atoms with van der Waals surface area (Å²) in [5, 5.41) is 3.72. The standard InChI is InChI=1S/C18H34N2O2S/c1-17(2,3)22-16(21)20-12-8-15(14-18(20)9-7-10-18)19-11-5-6-13-23-4/h15,19H,5-14H2,1-4H3. The van der Waals surface area contributed by atoms with Gasteiger partial charge in [-0.3, -0.25) is 0 Å². The average molecular weight is 343 g/mol. The summed E-state index contributed by atoms with van der Waals surface area (Å²) < 4.78 is 5.63. The van der Waals surface area contributed by atoms with Crippen LogP contribution < -0.4 is 5.32 Å². The van der Waals surface area contributed by atoms with Crippen molar-refractivity contribution in [1.29, 1.82) is 0 Å². The molecule has 134 valence electrons. The predicted octanol–water partition coefficient (Wildman–Crippen LogP) is 4.04. The van der Waals surface area contributed by atoms with Gasteiger partial charge in [0.1, 0.15) is 5.60 Å². The summed E-state index contributed by atoms with van der Waals surface area (Å²) in [7, 11) is 0. The zero-order valence-corrected chi connectivity index (χ0v) is 16.1. The van der Waals surface area contributed by atoms with Crippen molar-refractivity contribution in [1.82, 2.24) is 10.2 Å². The van der Waals surface area contributed by atoms with E-state index in [4.69, 9.17) is 4.74 Å². The van der Waals surface area contributed by atoms with E-state index in [2.05, 4.69) is 11.6 Å². The molecule has 1 spiro atoms. The van der Waals surface area contributed by atoms with Gasteiger partial charge in [-0.1, -0.05) is 0 Å². The van der Waals surface area contributed by atoms with Crippen molar-refractivity contribution < 1.29 is 9.53 Å². The van der Waals surface area contributed by atoms with Gasteiger partial charge in [0, 0.05) is 18.1 Å². The molecule has 1 unspecified atom stereocenters. The van der Waals surface area contributed by atoms with E-state index >= 15 is 0 Å². The van der Waals surface area contributed by atoms with Gasteiger partial charge in [0.2, 0.25) is 0 Å². The van der Waals surface area contributed by atoms with E-state index in [1.165, 1.54) is 25.0 Å². The molecule has 0 aromatic rings. The van der Waals surface area contributed by atoms with Gasteiger partial charge < -0.3 is 15.0 Å². The number of nitrogens with zero attached hydrogens (tertiary/aromatic N) is 1. The number of nitrogens with one attached hydrogen (secondary N) is 1. The monoisotopic (exact) mass is 342 g/mol. The van der Waals surface area contributed by atoms with Gasteiger partial charge in [-0.05, 0) is 84.3 Å². The molecular formula is C18H34N2O2S. The van der Waals surface area contributed by atoms with Crippen LogP contribution in [0.2, 0.25) is 0 Å². The van der Waals surface area contributed by atoms with Gasteiger partial charge in [0.15, 0.2) is 0 Å². The molecule has 1 N–H and O–H groups in total. The van der Waals surface area contributed by atoms with E-state index in [1.807, 2.05) is 37.4 Å². The Morgan fingerprint density at radius 2 is 2.09 bits per heavy atom. The van der Waals surface area contributed by atoms with Crippen LogP contribution in [0, 0.1) is 0 Å². The Morgan fingerprint density at radius 1 is 1.35 bits per heavy atom. The fraction of sp³-hybridized carbons (Fsp3) is 0.944. The van der Waals surface area contributed by atoms with Crippen LogP contribution in [0.5, 0.6) is 0 Å². The highest BCUT2D eigenvalue weighted by Crippen LogP contribution is 2.45. The zero-order valence-electron chi connectivity index (χ0n) is 15.3. The van der Waals surface area contributed by atoms with Gasteiger partial charge >= 0.3 is 6.09 Å². The molecule has 1 atom stereocenters. The summed E-state index contributed by atoms with van der Waals surface area (Å²) in [6, 6.07) is 0.559. The van der Waals surface area contributed by atoms with Gasteiger partial charge in [-0.25, -0.2) is 4.79 Å². The van der Waals surface area contributed by atoms with Gasteiger partial charge in [0.25, 0.3) is 0 Å². The number of carbonyl (C=O) groups excluding carboxylic acids is 1. The molecule has 2 aliphatic rings. The maximum atomic E-state index is 12.5. The maximum absolute atomic E-state index is 12.5. The van der Waals surface area contributed by atoms with Crippen molar-refractivity contribution in [2.75, 3.05) is 25.1 Å². The number of thioether (sulfide) groups is 1. The SMILES string of the molecule is CSCCCCNC1CCN(C(=O)OC(C)(C)C)C2(CCC2)C1. The Morgan fingerprint density at radius 3 is 2.65 bits per heavy atom. The van der Waals surface area contributed by atoms with E-state index in [1.54, 1.807) is 0 Å². The first-order valence-electron chi connectivity index (χ1n) is 9.09. The zero-order chi connectivity index (χ0) is 16.9. The molecule has 1 saturated heterocycles. The number of hydrogen-bond acceptors (Lipinski definition) is 4. The molecule has 4 nitrogen and oxygen atoms in total. The maximum Gasteiger partial charge on any atom is 0.410 e. The molecule has 2 fully saturated rings. The highest BCUT2D eigenvalue weighted by atomic mass is 32.2. The number of ether oxygens (including phenoxy) is 1. The first-order valence-corrected chi connectivity index (χ1v) is 10.5. The summed E-state index contributed by atoms with van der Waals surface area (Å²) in [5.41, 5.74) is -0.341. The van der Waals surface area contributed by atoms with Crippen molar-refractivity contribution >= 4 is 17.9 Å². The number of rotatable bonds is 6. The summed E-state index contributed by atoms with van der Waals surface area (Å²) in [6.45, 7) is 7.77. The second kappa shape index (κ2) is 8.11. The molecule has 0 aromatic heterocycles. The van der Waals surface area contributed by atoms with Crippen LogP contribution in [0.15, 0.2) is 0 Å². The number of amides is 1. The third kappa shape index (κ3) is 5.28. The predicted molar refractivity (Wildman–Crippen MR) is 98.2 cm³/mol. The quantitative estimate of drug-likeness (QED) is 0.740. The molecule has 1 amide bonds. The number of likely N-dealkylation sites (tertiary alicyclic amines) is 1. The average Bonchev–Trinajstić information content (AvgIpc) is 2.43. The minimum atomic E-state index is -0.408. The second-order valence-electron chi connectivity index (χ2n) is 8.05. The van der Waals surface area contributed by atoms with Crippen LogP contribution in [-0.4, -0.2) is 53.3 Å². The summed E-state index contributed by atoms with van der Waals surface area (Å²) in [6.07, 6.45) is 10.2. The van der Waals surface area contributed by atoms with E-state index < -0.39 is 5.60 Å². The molecule has 23 heavy (non-hydrogen) atoms. The number of carbonyl (C=O) groups is 1. The molecule has 0 radical (unpaired) electrons. The molecule has 1 aliphatic carbocycles. The Hall–Kier alpha value is -0.420. The molecule has 0 bridgehead atoms. The second-order valence-corrected chi connectivity index (χ2v) is 9.04. The first kappa shape index (κ1) is 18.9. The summed E-state index contributed by atoms with van der Waals surface area (Å²) in [5.74, 6) is 1.25. The van der Waals surface area contributed by atoms with E-state index in [0.29, 0.717) is 6.04 Å². The third-order valence-corrected chi connectivity index (χ3v) is 5.70. The Bertz CT molecular complexity index is 391. The van der Waals surface area contributed by atoms with Crippen molar-refractivity contribution in [2.24, 2.45) is 0 Å². The number of unbranched alkanes of at least 4 members (excludes halogenated alkanes) is 1. The molecule has 1 heterocycles. The minimum Gasteiger partial charge on any atom is -0.444 e. The smallest absolute Gasteiger partial charge is 0.410 e. The Labute approximate surface area is 146 Å². The normalized spacial score (nSPS) is 23.7. The van der Waals surface area contributed by atoms with Crippen molar-refractivity contribution in [3.63, 3.8) is 0 Å². The molecule has 1 aliphatic heterocycles. The van der Waals surface area contributed by atoms with E-state index in [-0.39, 0.29) is 11.6 Å². The van der Waals surface area contributed by atoms with Gasteiger partial charge in [-0.2, -0.15) is 11.8 Å². The van der Waals surface area contributed by atoms with Crippen LogP contribution in [0.4, 0.5) is 4.79 Å². The minimum absolute atomic E-state index is 0.0670. The molecule has 5 heteroatoms. The lowest BCUT2D eigenvalue weighted by molar-refractivity contribution is -0.0492. The van der Waals surface area contributed by atoms with E-state index in [0.717, 1.165) is 38.8 Å². The van der Waals surface area contributed by atoms with Crippen LogP contribution in [0.3, 0.4) is 0 Å². The lowest BCUT2D eigenvalue weighted by Gasteiger charge is -2.54.